The molecule has 0 unspecified atom stereocenters. The van der Waals surface area contributed by atoms with Crippen molar-refractivity contribution in [1.82, 2.24) is 9.55 Å². The largest absolute Gasteiger partial charge is 0.324 e. The van der Waals surface area contributed by atoms with Crippen LogP contribution in [0.25, 0.3) is 10.9 Å². The summed E-state index contributed by atoms with van der Waals surface area (Å²) in [7, 11) is 0. The van der Waals surface area contributed by atoms with Crippen molar-refractivity contribution in [2.75, 3.05) is 10.6 Å². The van der Waals surface area contributed by atoms with Crippen LogP contribution >= 0.6 is 15.9 Å². The summed E-state index contributed by atoms with van der Waals surface area (Å²) in [5, 5.41) is 5.28. The summed E-state index contributed by atoms with van der Waals surface area (Å²) in [6, 6.07) is 8.89. The minimum Gasteiger partial charge on any atom is -0.324 e. The number of halogens is 2. The highest BCUT2D eigenvalue weighted by molar-refractivity contribution is 9.10. The fraction of sp³-hybridized carbons (Fsp3) is 0.111. The maximum absolute atomic E-state index is 13.7. The van der Waals surface area contributed by atoms with Gasteiger partial charge in [-0.2, -0.15) is 0 Å². The van der Waals surface area contributed by atoms with Gasteiger partial charge in [0, 0.05) is 17.1 Å². The first-order valence-electron chi connectivity index (χ1n) is 7.85. The average Bonchev–Trinajstić information content (AvgIpc) is 2.60. The summed E-state index contributed by atoms with van der Waals surface area (Å²) >= 11 is 3.30. The quantitative estimate of drug-likeness (QED) is 0.662. The zero-order valence-corrected chi connectivity index (χ0v) is 15.7. The van der Waals surface area contributed by atoms with Crippen LogP contribution in [0, 0.1) is 5.82 Å². The Balaban J connectivity index is 1.80. The molecular formula is C18H14BrFN4O3. The van der Waals surface area contributed by atoms with Gasteiger partial charge in [0.25, 0.3) is 5.56 Å². The molecule has 0 aliphatic heterocycles. The van der Waals surface area contributed by atoms with Crippen LogP contribution in [-0.4, -0.2) is 21.4 Å². The fourth-order valence-corrected chi connectivity index (χ4v) is 2.85. The van der Waals surface area contributed by atoms with Gasteiger partial charge in [0.15, 0.2) is 0 Å². The third kappa shape index (κ3) is 4.37. The lowest BCUT2D eigenvalue weighted by Crippen LogP contribution is -2.28. The number of aromatic nitrogens is 2. The van der Waals surface area contributed by atoms with E-state index in [0.717, 1.165) is 10.5 Å². The highest BCUT2D eigenvalue weighted by atomic mass is 79.9. The number of carbonyl (C=O) groups excluding carboxylic acids is 2. The second-order valence-electron chi connectivity index (χ2n) is 5.76. The Morgan fingerprint density at radius 3 is 2.70 bits per heavy atom. The number of benzene rings is 2. The molecule has 0 radical (unpaired) electrons. The maximum atomic E-state index is 13.7. The predicted octanol–water partition coefficient (Wildman–Crippen LogP) is 2.90. The zero-order chi connectivity index (χ0) is 19.6. The molecule has 0 fully saturated rings. The summed E-state index contributed by atoms with van der Waals surface area (Å²) in [5.41, 5.74) is 0.414. The van der Waals surface area contributed by atoms with Crippen molar-refractivity contribution in [3.8, 4) is 0 Å². The van der Waals surface area contributed by atoms with Gasteiger partial charge in [0.1, 0.15) is 12.4 Å². The van der Waals surface area contributed by atoms with Crippen LogP contribution in [0.15, 0.2) is 52.0 Å². The zero-order valence-electron chi connectivity index (χ0n) is 14.1. The van der Waals surface area contributed by atoms with E-state index < -0.39 is 17.6 Å². The van der Waals surface area contributed by atoms with E-state index >= 15 is 0 Å². The van der Waals surface area contributed by atoms with E-state index in [1.54, 1.807) is 18.2 Å². The van der Waals surface area contributed by atoms with Gasteiger partial charge in [0.05, 0.1) is 22.9 Å². The van der Waals surface area contributed by atoms with Crippen molar-refractivity contribution in [1.29, 1.82) is 0 Å². The van der Waals surface area contributed by atoms with Crippen molar-refractivity contribution in [2.24, 2.45) is 0 Å². The second-order valence-corrected chi connectivity index (χ2v) is 6.68. The van der Waals surface area contributed by atoms with E-state index in [-0.39, 0.29) is 23.5 Å². The van der Waals surface area contributed by atoms with Crippen molar-refractivity contribution < 1.29 is 14.0 Å². The monoisotopic (exact) mass is 432 g/mol. The normalized spacial score (nSPS) is 10.6. The van der Waals surface area contributed by atoms with Gasteiger partial charge < -0.3 is 10.6 Å². The summed E-state index contributed by atoms with van der Waals surface area (Å²) in [6.45, 7) is 0.989. The average molecular weight is 433 g/mol. The summed E-state index contributed by atoms with van der Waals surface area (Å²) in [6.07, 6.45) is 1.30. The Kier molecular flexibility index (Phi) is 5.31. The predicted molar refractivity (Wildman–Crippen MR) is 103 cm³/mol. The third-order valence-corrected chi connectivity index (χ3v) is 4.15. The highest BCUT2D eigenvalue weighted by Crippen LogP contribution is 2.20. The Morgan fingerprint density at radius 2 is 1.96 bits per heavy atom. The molecule has 1 aromatic heterocycles. The number of hydrogen-bond acceptors (Lipinski definition) is 4. The maximum Gasteiger partial charge on any atom is 0.261 e. The Labute approximate surface area is 161 Å². The molecule has 0 bridgehead atoms. The van der Waals surface area contributed by atoms with Crippen molar-refractivity contribution >= 4 is 50.0 Å². The standard InChI is InChI=1S/C18H14BrFN4O3/c1-10(25)22-16-7-12(3-4-14(16)20)23-17(26)8-24-9-21-15-5-2-11(19)6-13(15)18(24)27/h2-7,9H,8H2,1H3,(H,22,25)(H,23,26). The van der Waals surface area contributed by atoms with E-state index in [4.69, 9.17) is 0 Å². The lowest BCUT2D eigenvalue weighted by Gasteiger charge is -2.10. The lowest BCUT2D eigenvalue weighted by atomic mass is 10.2. The number of nitrogens with zero attached hydrogens (tertiary/aromatic N) is 2. The number of rotatable bonds is 4. The molecule has 9 heteroatoms. The first-order valence-corrected chi connectivity index (χ1v) is 8.64. The van der Waals surface area contributed by atoms with Gasteiger partial charge in [-0.25, -0.2) is 9.37 Å². The molecule has 0 aliphatic carbocycles. The molecule has 3 aromatic rings. The molecule has 0 atom stereocenters. The van der Waals surface area contributed by atoms with Crippen LogP contribution in [-0.2, 0) is 16.1 Å². The van der Waals surface area contributed by atoms with E-state index in [2.05, 4.69) is 31.5 Å². The van der Waals surface area contributed by atoms with Crippen LogP contribution in [0.5, 0.6) is 0 Å². The topological polar surface area (TPSA) is 93.1 Å². The molecule has 1 heterocycles. The molecule has 138 valence electrons. The first-order chi connectivity index (χ1) is 12.8. The molecule has 0 spiro atoms. The number of carbonyl (C=O) groups is 2. The molecule has 2 aromatic carbocycles. The number of nitrogens with one attached hydrogen (secondary N) is 2. The Morgan fingerprint density at radius 1 is 1.19 bits per heavy atom. The van der Waals surface area contributed by atoms with Gasteiger partial charge >= 0.3 is 0 Å². The molecule has 0 aliphatic rings. The van der Waals surface area contributed by atoms with Gasteiger partial charge in [-0.05, 0) is 36.4 Å². The molecule has 0 saturated heterocycles. The van der Waals surface area contributed by atoms with Crippen LogP contribution in [0.2, 0.25) is 0 Å². The van der Waals surface area contributed by atoms with Crippen LogP contribution < -0.4 is 16.2 Å². The SMILES string of the molecule is CC(=O)Nc1cc(NC(=O)Cn2cnc3ccc(Br)cc3c2=O)ccc1F. The van der Waals surface area contributed by atoms with Gasteiger partial charge in [-0.1, -0.05) is 15.9 Å². The highest BCUT2D eigenvalue weighted by Gasteiger charge is 2.11. The van der Waals surface area contributed by atoms with Gasteiger partial charge in [0.2, 0.25) is 11.8 Å². The number of anilines is 2. The molecule has 2 N–H and O–H groups in total. The van der Waals surface area contributed by atoms with Crippen molar-refractivity contribution in [3.05, 3.63) is 63.4 Å². The third-order valence-electron chi connectivity index (χ3n) is 3.66. The Bertz CT molecular complexity index is 1110. The summed E-state index contributed by atoms with van der Waals surface area (Å²) in [5.74, 6) is -1.55. The van der Waals surface area contributed by atoms with Crippen LogP contribution in [0.1, 0.15) is 6.92 Å². The Hall–Kier alpha value is -3.07. The molecule has 3 rings (SSSR count). The molecular weight excluding hydrogens is 419 g/mol. The van der Waals surface area contributed by atoms with E-state index in [0.29, 0.717) is 10.9 Å². The molecule has 27 heavy (non-hydrogen) atoms. The van der Waals surface area contributed by atoms with Crippen molar-refractivity contribution in [2.45, 2.75) is 13.5 Å². The minimum atomic E-state index is -0.622. The smallest absolute Gasteiger partial charge is 0.261 e. The summed E-state index contributed by atoms with van der Waals surface area (Å²) < 4.78 is 15.6. The second kappa shape index (κ2) is 7.67. The first kappa shape index (κ1) is 18.7. The van der Waals surface area contributed by atoms with E-state index in [9.17, 15) is 18.8 Å². The van der Waals surface area contributed by atoms with E-state index in [1.807, 2.05) is 0 Å². The fourth-order valence-electron chi connectivity index (χ4n) is 2.49. The number of amides is 2. The van der Waals surface area contributed by atoms with Crippen molar-refractivity contribution in [3.63, 3.8) is 0 Å². The van der Waals surface area contributed by atoms with Gasteiger partial charge in [-0.3, -0.25) is 19.0 Å². The number of fused-ring (bicyclic) bond motifs is 1. The number of hydrogen-bond donors (Lipinski definition) is 2. The lowest BCUT2D eigenvalue weighted by molar-refractivity contribution is -0.117. The molecule has 0 saturated carbocycles. The van der Waals surface area contributed by atoms with Crippen LogP contribution in [0.3, 0.4) is 0 Å². The summed E-state index contributed by atoms with van der Waals surface area (Å²) in [4.78, 5) is 40.0. The van der Waals surface area contributed by atoms with Crippen LogP contribution in [0.4, 0.5) is 15.8 Å². The minimum absolute atomic E-state index is 0.0466. The molecule has 7 nitrogen and oxygen atoms in total. The van der Waals surface area contributed by atoms with Gasteiger partial charge in [-0.15, -0.1) is 0 Å². The molecule has 2 amide bonds. The van der Waals surface area contributed by atoms with E-state index in [1.165, 1.54) is 30.0 Å².